The fraction of sp³-hybridized carbons (Fsp3) is 0.158. The number of carbonyl (C=O) groups excluding carboxylic acids is 1. The fourth-order valence-corrected chi connectivity index (χ4v) is 1.99. The molecule has 0 aliphatic rings. The SMILES string of the molecule is COc1ccc(C#CCNC(=O)OCc2ccccc2)cc1C(=O)O. The standard InChI is InChI=1S/C19H17NO5/c1-24-17-10-9-14(12-16(17)18(21)22)8-5-11-20-19(23)25-13-15-6-3-2-4-7-15/h2-4,6-7,9-10,12H,11,13H2,1H3,(H,20,23)(H,21,22). The molecule has 6 heteroatoms. The van der Waals surface area contributed by atoms with Gasteiger partial charge in [-0.25, -0.2) is 9.59 Å². The van der Waals surface area contributed by atoms with E-state index >= 15 is 0 Å². The first-order chi connectivity index (χ1) is 12.1. The molecule has 0 aliphatic carbocycles. The van der Waals surface area contributed by atoms with Crippen molar-refractivity contribution in [3.63, 3.8) is 0 Å². The molecule has 0 heterocycles. The Bertz CT molecular complexity index is 806. The van der Waals surface area contributed by atoms with Crippen molar-refractivity contribution in [2.24, 2.45) is 0 Å². The summed E-state index contributed by atoms with van der Waals surface area (Å²) in [5.74, 6) is 4.69. The van der Waals surface area contributed by atoms with Gasteiger partial charge in [0.15, 0.2) is 0 Å². The minimum absolute atomic E-state index is 0.0320. The average molecular weight is 339 g/mol. The molecule has 0 spiro atoms. The molecular weight excluding hydrogens is 322 g/mol. The highest BCUT2D eigenvalue weighted by molar-refractivity contribution is 5.91. The quantitative estimate of drug-likeness (QED) is 0.818. The summed E-state index contributed by atoms with van der Waals surface area (Å²) in [6.07, 6.45) is -0.570. The molecular formula is C19H17NO5. The number of alkyl carbamates (subject to hydrolysis) is 1. The molecule has 2 aromatic carbocycles. The Kier molecular flexibility index (Phi) is 6.43. The van der Waals surface area contributed by atoms with Crippen molar-refractivity contribution in [1.82, 2.24) is 5.32 Å². The Morgan fingerprint density at radius 3 is 2.60 bits per heavy atom. The van der Waals surface area contributed by atoms with Crippen LogP contribution in [0.5, 0.6) is 5.75 Å². The number of aromatic carboxylic acids is 1. The smallest absolute Gasteiger partial charge is 0.408 e. The molecule has 0 aromatic heterocycles. The largest absolute Gasteiger partial charge is 0.496 e. The number of hydrogen-bond donors (Lipinski definition) is 2. The number of methoxy groups -OCH3 is 1. The Morgan fingerprint density at radius 2 is 1.92 bits per heavy atom. The van der Waals surface area contributed by atoms with E-state index in [0.717, 1.165) is 5.56 Å². The van der Waals surface area contributed by atoms with Gasteiger partial charge in [-0.15, -0.1) is 0 Å². The zero-order valence-electron chi connectivity index (χ0n) is 13.6. The van der Waals surface area contributed by atoms with Gasteiger partial charge in [-0.1, -0.05) is 42.2 Å². The molecule has 0 saturated heterocycles. The third-order valence-electron chi connectivity index (χ3n) is 3.20. The van der Waals surface area contributed by atoms with Crippen LogP contribution in [-0.2, 0) is 11.3 Å². The second kappa shape index (κ2) is 8.99. The van der Waals surface area contributed by atoms with E-state index in [1.807, 2.05) is 30.3 Å². The molecule has 0 bridgehead atoms. The molecule has 128 valence electrons. The summed E-state index contributed by atoms with van der Waals surface area (Å²) in [6, 6.07) is 13.9. The van der Waals surface area contributed by atoms with E-state index in [2.05, 4.69) is 17.2 Å². The van der Waals surface area contributed by atoms with Crippen LogP contribution >= 0.6 is 0 Å². The number of carboxylic acids is 1. The van der Waals surface area contributed by atoms with E-state index in [1.54, 1.807) is 6.07 Å². The van der Waals surface area contributed by atoms with Crippen LogP contribution in [0.15, 0.2) is 48.5 Å². The number of nitrogens with one attached hydrogen (secondary N) is 1. The molecule has 0 radical (unpaired) electrons. The van der Waals surface area contributed by atoms with E-state index in [1.165, 1.54) is 19.2 Å². The van der Waals surface area contributed by atoms with Crippen molar-refractivity contribution >= 4 is 12.1 Å². The lowest BCUT2D eigenvalue weighted by atomic mass is 10.1. The van der Waals surface area contributed by atoms with Gasteiger partial charge in [0.2, 0.25) is 0 Å². The maximum absolute atomic E-state index is 11.6. The average Bonchev–Trinajstić information content (AvgIpc) is 2.64. The zero-order chi connectivity index (χ0) is 18.1. The van der Waals surface area contributed by atoms with E-state index in [9.17, 15) is 9.59 Å². The lowest BCUT2D eigenvalue weighted by Crippen LogP contribution is -2.24. The number of amides is 1. The summed E-state index contributed by atoms with van der Waals surface area (Å²) >= 11 is 0. The summed E-state index contributed by atoms with van der Waals surface area (Å²) in [7, 11) is 1.40. The van der Waals surface area contributed by atoms with Gasteiger partial charge in [-0.05, 0) is 23.8 Å². The van der Waals surface area contributed by atoms with E-state index in [4.69, 9.17) is 14.6 Å². The van der Waals surface area contributed by atoms with Crippen molar-refractivity contribution in [2.75, 3.05) is 13.7 Å². The van der Waals surface area contributed by atoms with Crippen molar-refractivity contribution in [3.05, 3.63) is 65.2 Å². The van der Waals surface area contributed by atoms with Crippen LogP contribution in [0.4, 0.5) is 4.79 Å². The summed E-state index contributed by atoms with van der Waals surface area (Å²) in [4.78, 5) is 22.7. The van der Waals surface area contributed by atoms with Gasteiger partial charge in [-0.2, -0.15) is 0 Å². The molecule has 6 nitrogen and oxygen atoms in total. The van der Waals surface area contributed by atoms with Gasteiger partial charge in [0.05, 0.1) is 13.7 Å². The van der Waals surface area contributed by atoms with Crippen LogP contribution in [0, 0.1) is 11.8 Å². The molecule has 0 unspecified atom stereocenters. The van der Waals surface area contributed by atoms with Crippen molar-refractivity contribution < 1.29 is 24.2 Å². The molecule has 2 rings (SSSR count). The number of carbonyl (C=O) groups is 2. The Balaban J connectivity index is 1.85. The third-order valence-corrected chi connectivity index (χ3v) is 3.20. The third kappa shape index (κ3) is 5.59. The summed E-state index contributed by atoms with van der Waals surface area (Å²) < 4.78 is 10.0. The lowest BCUT2D eigenvalue weighted by molar-refractivity contribution is 0.0693. The second-order valence-corrected chi connectivity index (χ2v) is 4.94. The first-order valence-electron chi connectivity index (χ1n) is 7.45. The van der Waals surface area contributed by atoms with Gasteiger partial charge in [0.25, 0.3) is 0 Å². The number of hydrogen-bond acceptors (Lipinski definition) is 4. The maximum atomic E-state index is 11.6. The minimum Gasteiger partial charge on any atom is -0.496 e. The van der Waals surface area contributed by atoms with Crippen LogP contribution in [-0.4, -0.2) is 30.8 Å². The Labute approximate surface area is 145 Å². The molecule has 0 aliphatic heterocycles. The van der Waals surface area contributed by atoms with Crippen molar-refractivity contribution in [1.29, 1.82) is 0 Å². The predicted molar refractivity (Wildman–Crippen MR) is 91.5 cm³/mol. The molecule has 0 atom stereocenters. The predicted octanol–water partition coefficient (Wildman–Crippen LogP) is 2.67. The monoisotopic (exact) mass is 339 g/mol. The van der Waals surface area contributed by atoms with Gasteiger partial charge in [0.1, 0.15) is 17.9 Å². The molecule has 2 N–H and O–H groups in total. The summed E-state index contributed by atoms with van der Waals surface area (Å²) in [5, 5.41) is 11.6. The minimum atomic E-state index is -1.09. The van der Waals surface area contributed by atoms with Crippen molar-refractivity contribution in [2.45, 2.75) is 6.61 Å². The number of carboxylic acid groups (broad SMARTS) is 1. The zero-order valence-corrected chi connectivity index (χ0v) is 13.6. The number of ether oxygens (including phenoxy) is 2. The summed E-state index contributed by atoms with van der Waals surface area (Å²) in [5.41, 5.74) is 1.44. The topological polar surface area (TPSA) is 84.9 Å². The first-order valence-corrected chi connectivity index (χ1v) is 7.45. The van der Waals surface area contributed by atoms with Crippen LogP contribution < -0.4 is 10.1 Å². The Hall–Kier alpha value is -3.46. The molecule has 0 saturated carbocycles. The van der Waals surface area contributed by atoms with E-state index < -0.39 is 12.1 Å². The second-order valence-electron chi connectivity index (χ2n) is 4.94. The molecule has 1 amide bonds. The van der Waals surface area contributed by atoms with E-state index in [-0.39, 0.29) is 24.5 Å². The number of benzene rings is 2. The number of rotatable bonds is 5. The van der Waals surface area contributed by atoms with Crippen LogP contribution in [0.2, 0.25) is 0 Å². The van der Waals surface area contributed by atoms with Gasteiger partial charge < -0.3 is 19.9 Å². The maximum Gasteiger partial charge on any atom is 0.408 e. The van der Waals surface area contributed by atoms with Gasteiger partial charge >= 0.3 is 12.1 Å². The van der Waals surface area contributed by atoms with Gasteiger partial charge in [-0.3, -0.25) is 0 Å². The van der Waals surface area contributed by atoms with Gasteiger partial charge in [0, 0.05) is 5.56 Å². The highest BCUT2D eigenvalue weighted by Crippen LogP contribution is 2.19. The van der Waals surface area contributed by atoms with Crippen LogP contribution in [0.25, 0.3) is 0 Å². The molecule has 2 aromatic rings. The van der Waals surface area contributed by atoms with E-state index in [0.29, 0.717) is 5.56 Å². The molecule has 0 fully saturated rings. The van der Waals surface area contributed by atoms with Crippen LogP contribution in [0.1, 0.15) is 21.5 Å². The fourth-order valence-electron chi connectivity index (χ4n) is 1.99. The lowest BCUT2D eigenvalue weighted by Gasteiger charge is -2.05. The van der Waals surface area contributed by atoms with Crippen molar-refractivity contribution in [3.8, 4) is 17.6 Å². The highest BCUT2D eigenvalue weighted by atomic mass is 16.5. The Morgan fingerprint density at radius 1 is 1.16 bits per heavy atom. The van der Waals surface area contributed by atoms with Crippen LogP contribution in [0.3, 0.4) is 0 Å². The molecule has 25 heavy (non-hydrogen) atoms. The normalized spacial score (nSPS) is 9.48. The summed E-state index contributed by atoms with van der Waals surface area (Å²) in [6.45, 7) is 0.266. The highest BCUT2D eigenvalue weighted by Gasteiger charge is 2.10. The first kappa shape index (κ1) is 17.9.